The summed E-state index contributed by atoms with van der Waals surface area (Å²) in [5, 5.41) is 48.3. The SMILES string of the molecule is O=C(O)[C@H]1O[C@@H](Oc2ccc3c(c2)COc2cc(O)ccc2-3)[C@H](O)[C@@H](O)[C@@H]1O. The molecule has 0 amide bonds. The monoisotopic (exact) mass is 390 g/mol. The molecule has 5 atom stereocenters. The van der Waals surface area contributed by atoms with E-state index in [1.807, 2.05) is 0 Å². The molecule has 0 bridgehead atoms. The van der Waals surface area contributed by atoms with Gasteiger partial charge in [-0.05, 0) is 29.8 Å². The van der Waals surface area contributed by atoms with Crippen molar-refractivity contribution in [2.24, 2.45) is 0 Å². The molecular formula is C19H18O9. The highest BCUT2D eigenvalue weighted by molar-refractivity contribution is 5.76. The highest BCUT2D eigenvalue weighted by Crippen LogP contribution is 2.40. The van der Waals surface area contributed by atoms with Crippen molar-refractivity contribution in [3.8, 4) is 28.4 Å². The fourth-order valence-electron chi connectivity index (χ4n) is 3.32. The summed E-state index contributed by atoms with van der Waals surface area (Å²) in [5.74, 6) is -0.569. The Morgan fingerprint density at radius 2 is 1.75 bits per heavy atom. The molecule has 4 rings (SSSR count). The Bertz CT molecular complexity index is 912. The quantitative estimate of drug-likeness (QED) is 0.497. The van der Waals surface area contributed by atoms with Crippen LogP contribution < -0.4 is 9.47 Å². The Hall–Kier alpha value is -2.85. The van der Waals surface area contributed by atoms with Gasteiger partial charge in [-0.3, -0.25) is 0 Å². The molecular weight excluding hydrogens is 372 g/mol. The lowest BCUT2D eigenvalue weighted by Gasteiger charge is -2.38. The van der Waals surface area contributed by atoms with Crippen LogP contribution in [0.25, 0.3) is 11.1 Å². The molecule has 1 fully saturated rings. The number of aliphatic hydroxyl groups excluding tert-OH is 3. The molecule has 2 aromatic rings. The smallest absolute Gasteiger partial charge is 0.335 e. The predicted octanol–water partition coefficient (Wildman–Crippen LogP) is 0.223. The van der Waals surface area contributed by atoms with Crippen LogP contribution in [0.2, 0.25) is 0 Å². The van der Waals surface area contributed by atoms with Crippen molar-refractivity contribution in [2.75, 3.05) is 0 Å². The lowest BCUT2D eigenvalue weighted by molar-refractivity contribution is -0.271. The van der Waals surface area contributed by atoms with Crippen molar-refractivity contribution >= 4 is 5.97 Å². The number of phenols is 1. The molecule has 5 N–H and O–H groups in total. The number of hydrogen-bond acceptors (Lipinski definition) is 8. The molecule has 0 radical (unpaired) electrons. The average Bonchev–Trinajstić information content (AvgIpc) is 2.67. The van der Waals surface area contributed by atoms with Gasteiger partial charge in [0.1, 0.15) is 42.2 Å². The van der Waals surface area contributed by atoms with Gasteiger partial charge in [0.15, 0.2) is 6.10 Å². The number of carbonyl (C=O) groups is 1. The minimum Gasteiger partial charge on any atom is -0.508 e. The first-order valence-corrected chi connectivity index (χ1v) is 8.53. The summed E-state index contributed by atoms with van der Waals surface area (Å²) in [6.07, 6.45) is -8.37. The molecule has 9 nitrogen and oxygen atoms in total. The summed E-state index contributed by atoms with van der Waals surface area (Å²) in [6.45, 7) is 0.218. The fraction of sp³-hybridized carbons (Fsp3) is 0.316. The van der Waals surface area contributed by atoms with Crippen molar-refractivity contribution in [1.82, 2.24) is 0 Å². The molecule has 2 aromatic carbocycles. The largest absolute Gasteiger partial charge is 0.508 e. The van der Waals surface area contributed by atoms with Crippen molar-refractivity contribution in [2.45, 2.75) is 37.3 Å². The van der Waals surface area contributed by atoms with Crippen LogP contribution >= 0.6 is 0 Å². The Morgan fingerprint density at radius 3 is 2.50 bits per heavy atom. The second-order valence-electron chi connectivity index (χ2n) is 6.64. The summed E-state index contributed by atoms with van der Waals surface area (Å²) in [5.41, 5.74) is 2.44. The Labute approximate surface area is 159 Å². The van der Waals surface area contributed by atoms with Gasteiger partial charge in [0.25, 0.3) is 0 Å². The standard InChI is InChI=1S/C19H18O9/c20-9-1-3-12-11-4-2-10(5-8(11)7-26-13(12)6-9)27-19-16(23)14(21)15(22)17(28-19)18(24)25/h1-6,14-17,19-23H,7H2,(H,24,25)/t14-,15-,16+,17-,19+/m0/s1. The predicted molar refractivity (Wildman–Crippen MR) is 92.8 cm³/mol. The van der Waals surface area contributed by atoms with E-state index in [9.17, 15) is 25.2 Å². The number of carboxylic acids is 1. The molecule has 1 saturated heterocycles. The van der Waals surface area contributed by atoms with E-state index in [0.29, 0.717) is 5.75 Å². The summed E-state index contributed by atoms with van der Waals surface area (Å²) in [7, 11) is 0. The average molecular weight is 390 g/mol. The first-order valence-electron chi connectivity index (χ1n) is 8.53. The van der Waals surface area contributed by atoms with Crippen LogP contribution in [0.4, 0.5) is 0 Å². The van der Waals surface area contributed by atoms with E-state index >= 15 is 0 Å². The van der Waals surface area contributed by atoms with E-state index in [-0.39, 0.29) is 18.1 Å². The van der Waals surface area contributed by atoms with Crippen LogP contribution in [-0.2, 0) is 16.1 Å². The zero-order chi connectivity index (χ0) is 20.0. The second kappa shape index (κ2) is 6.95. The molecule has 148 valence electrons. The Balaban J connectivity index is 1.58. The second-order valence-corrected chi connectivity index (χ2v) is 6.64. The zero-order valence-electron chi connectivity index (χ0n) is 14.4. The van der Waals surface area contributed by atoms with E-state index in [2.05, 4.69) is 0 Å². The molecule has 2 aliphatic rings. The first kappa shape index (κ1) is 18.5. The third-order valence-corrected chi connectivity index (χ3v) is 4.78. The van der Waals surface area contributed by atoms with Crippen LogP contribution in [0.15, 0.2) is 36.4 Å². The van der Waals surface area contributed by atoms with Crippen molar-refractivity contribution < 1.29 is 44.5 Å². The van der Waals surface area contributed by atoms with Crippen molar-refractivity contribution in [3.63, 3.8) is 0 Å². The van der Waals surface area contributed by atoms with Gasteiger partial charge in [0, 0.05) is 17.2 Å². The number of fused-ring (bicyclic) bond motifs is 3. The highest BCUT2D eigenvalue weighted by Gasteiger charge is 2.48. The van der Waals surface area contributed by atoms with E-state index in [1.165, 1.54) is 6.07 Å². The molecule has 0 aliphatic carbocycles. The number of aromatic hydroxyl groups is 1. The molecule has 0 aromatic heterocycles. The number of carboxylic acid groups (broad SMARTS) is 1. The third kappa shape index (κ3) is 3.14. The van der Waals surface area contributed by atoms with Crippen LogP contribution in [0, 0.1) is 0 Å². The summed E-state index contributed by atoms with van der Waals surface area (Å²) in [4.78, 5) is 11.2. The Morgan fingerprint density at radius 1 is 1.00 bits per heavy atom. The minimum absolute atomic E-state index is 0.0966. The van der Waals surface area contributed by atoms with Gasteiger partial charge in [-0.25, -0.2) is 4.79 Å². The lowest BCUT2D eigenvalue weighted by Crippen LogP contribution is -2.61. The van der Waals surface area contributed by atoms with Gasteiger partial charge in [0.05, 0.1) is 0 Å². The molecule has 9 heteroatoms. The zero-order valence-corrected chi connectivity index (χ0v) is 14.4. The number of hydrogen-bond donors (Lipinski definition) is 5. The van der Waals surface area contributed by atoms with E-state index in [4.69, 9.17) is 19.3 Å². The maximum absolute atomic E-state index is 11.2. The molecule has 2 heterocycles. The van der Waals surface area contributed by atoms with Gasteiger partial charge in [0.2, 0.25) is 6.29 Å². The topological polar surface area (TPSA) is 146 Å². The first-order chi connectivity index (χ1) is 13.3. The van der Waals surface area contributed by atoms with Crippen molar-refractivity contribution in [1.29, 1.82) is 0 Å². The number of benzene rings is 2. The number of rotatable bonds is 3. The summed E-state index contributed by atoms with van der Waals surface area (Å²) >= 11 is 0. The van der Waals surface area contributed by atoms with Crippen molar-refractivity contribution in [3.05, 3.63) is 42.0 Å². The lowest BCUT2D eigenvalue weighted by atomic mass is 9.96. The number of phenolic OH excluding ortho intramolecular Hbond substituents is 1. The van der Waals surface area contributed by atoms with Gasteiger partial charge in [-0.2, -0.15) is 0 Å². The van der Waals surface area contributed by atoms with E-state index < -0.39 is 36.7 Å². The third-order valence-electron chi connectivity index (χ3n) is 4.78. The minimum atomic E-state index is -1.78. The highest BCUT2D eigenvalue weighted by atomic mass is 16.7. The Kier molecular flexibility index (Phi) is 4.60. The molecule has 0 saturated carbocycles. The van der Waals surface area contributed by atoms with Crippen LogP contribution in [0.1, 0.15) is 5.56 Å². The van der Waals surface area contributed by atoms with Crippen LogP contribution in [0.5, 0.6) is 17.2 Å². The number of aliphatic hydroxyl groups is 3. The fourth-order valence-corrected chi connectivity index (χ4v) is 3.32. The normalized spacial score (nSPS) is 28.6. The van der Waals surface area contributed by atoms with Gasteiger partial charge in [-0.1, -0.05) is 6.07 Å². The maximum Gasteiger partial charge on any atom is 0.335 e. The van der Waals surface area contributed by atoms with Gasteiger partial charge < -0.3 is 39.7 Å². The molecule has 2 aliphatic heterocycles. The van der Waals surface area contributed by atoms with Gasteiger partial charge >= 0.3 is 5.97 Å². The number of aliphatic carboxylic acids is 1. The molecule has 0 spiro atoms. The maximum atomic E-state index is 11.2. The van der Waals surface area contributed by atoms with E-state index in [1.54, 1.807) is 30.3 Å². The van der Waals surface area contributed by atoms with E-state index in [0.717, 1.165) is 16.7 Å². The molecule has 28 heavy (non-hydrogen) atoms. The van der Waals surface area contributed by atoms with Crippen LogP contribution in [-0.4, -0.2) is 62.2 Å². The number of ether oxygens (including phenoxy) is 3. The van der Waals surface area contributed by atoms with Crippen LogP contribution in [0.3, 0.4) is 0 Å². The summed E-state index contributed by atoms with van der Waals surface area (Å²) in [6, 6.07) is 9.81. The summed E-state index contributed by atoms with van der Waals surface area (Å²) < 4.78 is 16.3. The van der Waals surface area contributed by atoms with Gasteiger partial charge in [-0.15, -0.1) is 0 Å². The molecule has 0 unspecified atom stereocenters.